The van der Waals surface area contributed by atoms with Crippen LogP contribution in [-0.4, -0.2) is 112 Å². The average Bonchev–Trinajstić information content (AvgIpc) is 3.90. The third kappa shape index (κ3) is 11.6. The van der Waals surface area contributed by atoms with Crippen LogP contribution in [0, 0.1) is 5.92 Å². The maximum absolute atomic E-state index is 13.7. The highest BCUT2D eigenvalue weighted by Crippen LogP contribution is 2.38. The normalized spacial score (nSPS) is 17.8. The van der Waals surface area contributed by atoms with E-state index >= 15 is 0 Å². The average molecular weight is 911 g/mol. The Morgan fingerprint density at radius 3 is 2.24 bits per heavy atom. The van der Waals surface area contributed by atoms with E-state index in [0.29, 0.717) is 54.5 Å². The number of carbonyl (C=O) groups is 4. The van der Waals surface area contributed by atoms with Crippen LogP contribution in [0.2, 0.25) is 0 Å². The van der Waals surface area contributed by atoms with Crippen molar-refractivity contribution >= 4 is 60.3 Å². The number of nitrogens with one attached hydrogen (secondary N) is 4. The van der Waals surface area contributed by atoms with Crippen molar-refractivity contribution < 1.29 is 47.3 Å². The number of pyridine rings is 1. The van der Waals surface area contributed by atoms with Crippen LogP contribution >= 0.6 is 24.8 Å². The summed E-state index contributed by atoms with van der Waals surface area (Å²) < 4.78 is 50.1. The van der Waals surface area contributed by atoms with Gasteiger partial charge >= 0.3 is 18.5 Å². The van der Waals surface area contributed by atoms with Crippen molar-refractivity contribution in [3.8, 4) is 28.1 Å². The highest BCUT2D eigenvalue weighted by molar-refractivity contribution is 6.04. The van der Waals surface area contributed by atoms with Crippen LogP contribution in [0.5, 0.6) is 5.75 Å². The van der Waals surface area contributed by atoms with Crippen LogP contribution in [0.1, 0.15) is 62.8 Å². The van der Waals surface area contributed by atoms with Gasteiger partial charge in [0.1, 0.15) is 23.4 Å². The number of methoxy groups -OCH3 is 1. The summed E-state index contributed by atoms with van der Waals surface area (Å²) in [4.78, 5) is 68.8. The van der Waals surface area contributed by atoms with Gasteiger partial charge in [-0.25, -0.2) is 19.6 Å². The van der Waals surface area contributed by atoms with Crippen molar-refractivity contribution in [1.82, 2.24) is 35.4 Å². The van der Waals surface area contributed by atoms with Crippen molar-refractivity contribution in [1.29, 1.82) is 0 Å². The summed E-state index contributed by atoms with van der Waals surface area (Å²) in [5, 5.41) is 7.93. The SMILES string of the molecule is CNC(=O)N1C[C@@H](C)N(c2ccc(C(=O)Nc3ccc(-c4ccc(-c5c[nH]c([C@@H]6CCCN6C(=O)[C@@H](NC(=O)OC)C(C)C)n5)cc4)c(OC(F)(F)F)c3)cn2)C[C@@H]1C.Cl.Cl.O. The molecule has 2 aliphatic rings. The Labute approximate surface area is 369 Å². The monoisotopic (exact) mass is 909 g/mol. The Kier molecular flexibility index (Phi) is 17.4. The van der Waals surface area contributed by atoms with Crippen molar-refractivity contribution in [3.05, 3.63) is 78.4 Å². The number of benzene rings is 2. The number of imidazole rings is 1. The van der Waals surface area contributed by atoms with Crippen LogP contribution in [0.15, 0.2) is 67.0 Å². The molecule has 2 aromatic heterocycles. The number of aromatic nitrogens is 3. The molecule has 0 radical (unpaired) electrons. The van der Waals surface area contributed by atoms with Crippen LogP contribution < -0.4 is 25.6 Å². The Morgan fingerprint density at radius 2 is 1.63 bits per heavy atom. The quantitative estimate of drug-likeness (QED) is 0.135. The molecule has 16 nitrogen and oxygen atoms in total. The second-order valence-electron chi connectivity index (χ2n) is 15.0. The molecule has 0 spiro atoms. The van der Waals surface area contributed by atoms with Gasteiger partial charge in [-0.2, -0.15) is 0 Å². The zero-order chi connectivity index (χ0) is 42.6. The van der Waals surface area contributed by atoms with Crippen LogP contribution in [-0.2, 0) is 9.53 Å². The Bertz CT molecular complexity index is 2160. The van der Waals surface area contributed by atoms with Crippen molar-refractivity contribution in [2.75, 3.05) is 44.0 Å². The summed E-state index contributed by atoms with van der Waals surface area (Å²) >= 11 is 0. The molecule has 2 aliphatic heterocycles. The van der Waals surface area contributed by atoms with E-state index in [0.717, 1.165) is 12.5 Å². The van der Waals surface area contributed by atoms with Crippen LogP contribution in [0.4, 0.5) is 34.3 Å². The zero-order valence-corrected chi connectivity index (χ0v) is 36.5. The van der Waals surface area contributed by atoms with E-state index in [1.165, 1.54) is 25.4 Å². The number of hydrogen-bond acceptors (Lipinski definition) is 9. The molecule has 2 saturated heterocycles. The lowest BCUT2D eigenvalue weighted by Gasteiger charge is -2.44. The first kappa shape index (κ1) is 50.6. The molecule has 2 aromatic carbocycles. The smallest absolute Gasteiger partial charge is 0.453 e. The van der Waals surface area contributed by atoms with E-state index in [1.54, 1.807) is 59.4 Å². The highest BCUT2D eigenvalue weighted by Gasteiger charge is 2.38. The number of carbonyl (C=O) groups excluding carboxylic acids is 4. The number of halogens is 5. The fourth-order valence-electron chi connectivity index (χ4n) is 7.48. The zero-order valence-electron chi connectivity index (χ0n) is 34.9. The molecular formula is C41H52Cl2F3N9O7. The van der Waals surface area contributed by atoms with E-state index in [9.17, 15) is 32.3 Å². The lowest BCUT2D eigenvalue weighted by atomic mass is 10.0. The van der Waals surface area contributed by atoms with Gasteiger partial charge in [-0.05, 0) is 62.4 Å². The number of amides is 5. The number of piperazine rings is 1. The van der Waals surface area contributed by atoms with Crippen LogP contribution in [0.3, 0.4) is 0 Å². The molecule has 0 unspecified atom stereocenters. The van der Waals surface area contributed by atoms with E-state index < -0.39 is 30.2 Å². The fraction of sp³-hybridized carbons (Fsp3) is 0.415. The molecule has 0 bridgehead atoms. The predicted octanol–water partition coefficient (Wildman–Crippen LogP) is 6.59. The number of anilines is 2. The molecule has 338 valence electrons. The first-order valence-electron chi connectivity index (χ1n) is 19.3. The second-order valence-corrected chi connectivity index (χ2v) is 15.0. The van der Waals surface area contributed by atoms with Gasteiger partial charge in [0.15, 0.2) is 0 Å². The molecule has 4 aromatic rings. The third-order valence-corrected chi connectivity index (χ3v) is 10.6. The van der Waals surface area contributed by atoms with Crippen LogP contribution in [0.25, 0.3) is 22.4 Å². The first-order valence-corrected chi connectivity index (χ1v) is 19.3. The molecule has 5 amide bonds. The minimum Gasteiger partial charge on any atom is -0.453 e. The molecule has 0 saturated carbocycles. The lowest BCUT2D eigenvalue weighted by molar-refractivity contribution is -0.274. The standard InChI is InChI=1S/C41H48F3N9O6.2ClH.H2O/c1-23(2)35(50-40(57)58-6)38(55)51-17-7-8-32(51)36-47-20-31(49-36)27-11-9-26(10-12-27)30-15-14-29(18-33(30)59-41(42,43)44)48-37(54)28-13-16-34(46-19-28)52-21-25(4)53(22-24(52)3)39(56)45-5;;;/h9-16,18-20,23-25,32,35H,7-8,17,21-22H2,1-6H3,(H,45,56)(H,47,49)(H,48,54)(H,50,57);2*1H;1H2/t24-,25+,32+,35+;;;/m1.../s1. The molecule has 4 heterocycles. The Balaban J connectivity index is 0.00000341. The number of nitrogens with zero attached hydrogens (tertiary/aromatic N) is 5. The molecule has 0 aliphatic carbocycles. The first-order chi connectivity index (χ1) is 28.1. The number of aromatic amines is 1. The number of likely N-dealkylation sites (tertiary alicyclic amines) is 1. The summed E-state index contributed by atoms with van der Waals surface area (Å²) in [5.74, 6) is -0.310. The summed E-state index contributed by atoms with van der Waals surface area (Å²) in [6.07, 6.45) is -1.18. The van der Waals surface area contributed by atoms with E-state index in [2.05, 4.69) is 35.6 Å². The van der Waals surface area contributed by atoms with E-state index in [-0.39, 0.29) is 83.1 Å². The lowest BCUT2D eigenvalue weighted by Crippen LogP contribution is -2.60. The maximum atomic E-state index is 13.7. The number of ether oxygens (including phenoxy) is 2. The molecule has 62 heavy (non-hydrogen) atoms. The number of hydrogen-bond donors (Lipinski definition) is 4. The summed E-state index contributed by atoms with van der Waals surface area (Å²) in [6.45, 7) is 9.12. The molecule has 4 atom stereocenters. The topological polar surface area (TPSA) is 206 Å². The van der Waals surface area contributed by atoms with Gasteiger partial charge in [0, 0.05) is 74.0 Å². The van der Waals surface area contributed by atoms with Gasteiger partial charge in [0.2, 0.25) is 5.91 Å². The number of urea groups is 1. The number of H-pyrrole nitrogens is 1. The number of alkyl halides is 3. The maximum Gasteiger partial charge on any atom is 0.573 e. The third-order valence-electron chi connectivity index (χ3n) is 10.6. The van der Waals surface area contributed by atoms with E-state index in [1.807, 2.05) is 27.7 Å². The molecule has 6 N–H and O–H groups in total. The molecule has 6 rings (SSSR count). The molecular weight excluding hydrogens is 858 g/mol. The summed E-state index contributed by atoms with van der Waals surface area (Å²) in [5.41, 5.74) is 2.08. The van der Waals surface area contributed by atoms with E-state index in [4.69, 9.17) is 9.72 Å². The summed E-state index contributed by atoms with van der Waals surface area (Å²) in [6, 6.07) is 12.7. The number of rotatable bonds is 10. The van der Waals surface area contributed by atoms with Crippen molar-refractivity contribution in [3.63, 3.8) is 0 Å². The number of alkyl carbamates (subject to hydrolysis) is 1. The van der Waals surface area contributed by atoms with Gasteiger partial charge < -0.3 is 50.6 Å². The predicted molar refractivity (Wildman–Crippen MR) is 232 cm³/mol. The van der Waals surface area contributed by atoms with Gasteiger partial charge in [-0.1, -0.05) is 38.1 Å². The fourth-order valence-corrected chi connectivity index (χ4v) is 7.48. The minimum atomic E-state index is -5.01. The van der Waals surface area contributed by atoms with Gasteiger partial charge in [0.05, 0.1) is 24.4 Å². The summed E-state index contributed by atoms with van der Waals surface area (Å²) in [7, 11) is 2.83. The van der Waals surface area contributed by atoms with Gasteiger partial charge in [-0.15, -0.1) is 38.0 Å². The van der Waals surface area contributed by atoms with Gasteiger partial charge in [-0.3, -0.25) is 9.59 Å². The highest BCUT2D eigenvalue weighted by atomic mass is 35.5. The Hall–Kier alpha value is -5.79. The minimum absolute atomic E-state index is 0. The second kappa shape index (κ2) is 21.3. The van der Waals surface area contributed by atoms with Gasteiger partial charge in [0.25, 0.3) is 5.91 Å². The van der Waals surface area contributed by atoms with Crippen molar-refractivity contribution in [2.24, 2.45) is 5.92 Å². The largest absolute Gasteiger partial charge is 0.573 e. The Morgan fingerprint density at radius 1 is 0.935 bits per heavy atom. The molecule has 2 fully saturated rings. The van der Waals surface area contributed by atoms with Crippen molar-refractivity contribution in [2.45, 2.75) is 71.1 Å². The molecule has 21 heteroatoms.